The first-order chi connectivity index (χ1) is 25.4. The molecule has 5 atom stereocenters. The Bertz CT molecular complexity index is 1400. The van der Waals surface area contributed by atoms with E-state index in [1.165, 1.54) is 0 Å². The van der Waals surface area contributed by atoms with E-state index in [1.807, 2.05) is 6.92 Å². The number of hydrogen-bond acceptors (Lipinski definition) is 14. The highest BCUT2D eigenvalue weighted by Gasteiger charge is 2.45. The summed E-state index contributed by atoms with van der Waals surface area (Å²) < 4.78 is 67.8. The van der Waals surface area contributed by atoms with Gasteiger partial charge in [0, 0.05) is 31.5 Å². The predicted molar refractivity (Wildman–Crippen MR) is 182 cm³/mol. The second kappa shape index (κ2) is 18.6. The van der Waals surface area contributed by atoms with Crippen LogP contribution in [0.1, 0.15) is 53.8 Å². The fourth-order valence-electron chi connectivity index (χ4n) is 5.84. The van der Waals surface area contributed by atoms with Gasteiger partial charge in [-0.05, 0) is 61.9 Å². The monoisotopic (exact) mass is 730 g/mol. The molecule has 0 radical (unpaired) electrons. The van der Waals surface area contributed by atoms with Gasteiger partial charge in [0.15, 0.2) is 0 Å². The molecule has 0 aliphatic carbocycles. The number of rotatable bonds is 21. The van der Waals surface area contributed by atoms with Gasteiger partial charge in [-0.2, -0.15) is 0 Å². The van der Waals surface area contributed by atoms with E-state index in [0.29, 0.717) is 62.3 Å². The van der Waals surface area contributed by atoms with Crippen LogP contribution in [0.15, 0.2) is 48.5 Å². The molecule has 0 amide bonds. The fourth-order valence-corrected chi connectivity index (χ4v) is 5.84. The Morgan fingerprint density at radius 3 is 1.58 bits per heavy atom. The molecule has 0 spiro atoms. The van der Waals surface area contributed by atoms with Gasteiger partial charge in [0.1, 0.15) is 68.3 Å². The van der Waals surface area contributed by atoms with Crippen LogP contribution in [0.5, 0.6) is 11.5 Å². The summed E-state index contributed by atoms with van der Waals surface area (Å²) in [5.74, 6) is 0.282. The number of fused-ring (bicyclic) bond motifs is 1. The maximum absolute atomic E-state index is 12.8. The van der Waals surface area contributed by atoms with Crippen molar-refractivity contribution in [1.82, 2.24) is 0 Å². The highest BCUT2D eigenvalue weighted by atomic mass is 16.8. The normalized spacial score (nSPS) is 26.0. The van der Waals surface area contributed by atoms with E-state index in [0.717, 1.165) is 39.1 Å². The van der Waals surface area contributed by atoms with Crippen LogP contribution < -0.4 is 9.47 Å². The van der Waals surface area contributed by atoms with Crippen molar-refractivity contribution in [2.45, 2.75) is 63.1 Å². The third kappa shape index (κ3) is 10.9. The van der Waals surface area contributed by atoms with Gasteiger partial charge in [-0.15, -0.1) is 0 Å². The van der Waals surface area contributed by atoms with Gasteiger partial charge in [-0.25, -0.2) is 9.59 Å². The van der Waals surface area contributed by atoms with E-state index < -0.39 is 36.4 Å². The van der Waals surface area contributed by atoms with Crippen molar-refractivity contribution in [2.75, 3.05) is 86.3 Å². The summed E-state index contributed by atoms with van der Waals surface area (Å²) in [6.07, 6.45) is 0.141. The molecule has 4 heterocycles. The van der Waals surface area contributed by atoms with Gasteiger partial charge in [0.05, 0.1) is 57.4 Å². The molecule has 0 bridgehead atoms. The van der Waals surface area contributed by atoms with Crippen molar-refractivity contribution in [2.24, 2.45) is 5.41 Å². The van der Waals surface area contributed by atoms with Crippen LogP contribution in [0.4, 0.5) is 0 Å². The van der Waals surface area contributed by atoms with E-state index in [9.17, 15) is 9.59 Å². The Hall–Kier alpha value is -3.34. The number of epoxide rings is 1. The molecular weight excluding hydrogens is 680 g/mol. The molecule has 0 N–H and O–H groups in total. The Kier molecular flexibility index (Phi) is 13.7. The van der Waals surface area contributed by atoms with Crippen molar-refractivity contribution in [1.29, 1.82) is 0 Å². The number of benzene rings is 2. The number of esters is 2. The molecule has 52 heavy (non-hydrogen) atoms. The van der Waals surface area contributed by atoms with Crippen molar-refractivity contribution in [3.05, 3.63) is 59.7 Å². The largest absolute Gasteiger partial charge is 0.494 e. The zero-order valence-corrected chi connectivity index (χ0v) is 30.0. The summed E-state index contributed by atoms with van der Waals surface area (Å²) in [5, 5.41) is 0. The standard InChI is InChI=1S/C38H50O14/c1-3-38(23-43-24-38)22-42-15-5-17-45-30-12-8-28(9-13-30)36(40)47-19-32-34-33(50-26-49-32)31(48-25-51-34)18-46-35(39)27-6-10-29(11-7-27)44-16-4-14-41-20-37(2)21-52-37/h6-13,31-34H,3-5,14-26H2,1-2H3. The lowest BCUT2D eigenvalue weighted by atomic mass is 9.84. The Labute approximate surface area is 304 Å². The molecule has 4 aliphatic rings. The lowest BCUT2D eigenvalue weighted by Gasteiger charge is -2.43. The first-order valence-electron chi connectivity index (χ1n) is 18.0. The zero-order chi connectivity index (χ0) is 36.2. The lowest BCUT2D eigenvalue weighted by Crippen LogP contribution is -2.59. The van der Waals surface area contributed by atoms with Gasteiger partial charge in [0.25, 0.3) is 0 Å². The smallest absolute Gasteiger partial charge is 0.338 e. The fraction of sp³-hybridized carbons (Fsp3) is 0.632. The van der Waals surface area contributed by atoms with Crippen LogP contribution in [0.2, 0.25) is 0 Å². The number of carbonyl (C=O) groups excluding carboxylic acids is 2. The minimum Gasteiger partial charge on any atom is -0.494 e. The molecule has 4 aliphatic heterocycles. The number of carbonyl (C=O) groups is 2. The van der Waals surface area contributed by atoms with Crippen LogP contribution in [0, 0.1) is 5.41 Å². The summed E-state index contributed by atoms with van der Waals surface area (Å²) in [6, 6.07) is 13.5. The van der Waals surface area contributed by atoms with Crippen LogP contribution in [0.25, 0.3) is 0 Å². The summed E-state index contributed by atoms with van der Waals surface area (Å²) in [6.45, 7) is 9.69. The zero-order valence-electron chi connectivity index (χ0n) is 30.0. The second-order valence-corrected chi connectivity index (χ2v) is 13.7. The minimum absolute atomic E-state index is 0.0601. The van der Waals surface area contributed by atoms with Gasteiger partial charge >= 0.3 is 11.9 Å². The first-order valence-corrected chi connectivity index (χ1v) is 18.0. The first kappa shape index (κ1) is 38.4. The molecule has 14 nitrogen and oxygen atoms in total. The average Bonchev–Trinajstić information content (AvgIpc) is 3.90. The summed E-state index contributed by atoms with van der Waals surface area (Å²) in [5.41, 5.74) is 0.809. The Morgan fingerprint density at radius 2 is 1.15 bits per heavy atom. The van der Waals surface area contributed by atoms with Crippen LogP contribution in [0.3, 0.4) is 0 Å². The molecule has 2 aromatic rings. The van der Waals surface area contributed by atoms with E-state index in [2.05, 4.69) is 6.92 Å². The molecule has 0 aromatic heterocycles. The van der Waals surface area contributed by atoms with E-state index in [4.69, 9.17) is 56.8 Å². The minimum atomic E-state index is -0.604. The Morgan fingerprint density at radius 1 is 0.673 bits per heavy atom. The quantitative estimate of drug-likeness (QED) is 0.104. The molecule has 5 unspecified atom stereocenters. The third-order valence-electron chi connectivity index (χ3n) is 9.50. The average molecular weight is 731 g/mol. The van der Waals surface area contributed by atoms with E-state index in [-0.39, 0.29) is 37.8 Å². The summed E-state index contributed by atoms with van der Waals surface area (Å²) in [4.78, 5) is 25.6. The molecule has 2 aromatic carbocycles. The van der Waals surface area contributed by atoms with E-state index in [1.54, 1.807) is 48.5 Å². The van der Waals surface area contributed by atoms with Crippen molar-refractivity contribution >= 4 is 11.9 Å². The topological polar surface area (TPSA) is 148 Å². The SMILES string of the molecule is CCC1(COCCCOc2ccc(C(=O)OCC3OCOC4C(COC(=O)c5ccc(OCCCOCC6(C)CO6)cc5)OCOC34)cc2)COC1. The van der Waals surface area contributed by atoms with Crippen molar-refractivity contribution in [3.8, 4) is 11.5 Å². The maximum Gasteiger partial charge on any atom is 0.338 e. The second-order valence-electron chi connectivity index (χ2n) is 13.7. The van der Waals surface area contributed by atoms with E-state index >= 15 is 0 Å². The van der Waals surface area contributed by atoms with Crippen molar-refractivity contribution in [3.63, 3.8) is 0 Å². The van der Waals surface area contributed by atoms with Crippen LogP contribution in [-0.4, -0.2) is 128 Å². The molecule has 4 saturated heterocycles. The molecular formula is C38H50O14. The predicted octanol–water partition coefficient (Wildman–Crippen LogP) is 3.97. The summed E-state index contributed by atoms with van der Waals surface area (Å²) in [7, 11) is 0. The highest BCUT2D eigenvalue weighted by molar-refractivity contribution is 5.90. The molecule has 286 valence electrons. The molecule has 6 rings (SSSR count). The van der Waals surface area contributed by atoms with Gasteiger partial charge < -0.3 is 56.8 Å². The maximum atomic E-state index is 12.8. The Balaban J connectivity index is 0.867. The van der Waals surface area contributed by atoms with Crippen LogP contribution in [-0.2, 0) is 47.4 Å². The molecule has 14 heteroatoms. The third-order valence-corrected chi connectivity index (χ3v) is 9.50. The number of hydrogen-bond donors (Lipinski definition) is 0. The van der Waals surface area contributed by atoms with Crippen LogP contribution >= 0.6 is 0 Å². The van der Waals surface area contributed by atoms with Gasteiger partial charge in [0.2, 0.25) is 0 Å². The highest BCUT2D eigenvalue weighted by Crippen LogP contribution is 2.31. The molecule has 0 saturated carbocycles. The van der Waals surface area contributed by atoms with Gasteiger partial charge in [-0.3, -0.25) is 0 Å². The number of ether oxygens (including phenoxy) is 12. The lowest BCUT2D eigenvalue weighted by molar-refractivity contribution is -0.328. The van der Waals surface area contributed by atoms with Crippen molar-refractivity contribution < 1.29 is 66.4 Å². The van der Waals surface area contributed by atoms with Gasteiger partial charge in [-0.1, -0.05) is 6.92 Å². The molecule has 4 fully saturated rings. The summed E-state index contributed by atoms with van der Waals surface area (Å²) >= 11 is 0.